The van der Waals surface area contributed by atoms with Crippen LogP contribution in [0, 0.1) is 0 Å². The number of nitrogens with zero attached hydrogens (tertiary/aromatic N) is 1. The van der Waals surface area contributed by atoms with Crippen LogP contribution in [0.25, 0.3) is 0 Å². The highest BCUT2D eigenvalue weighted by atomic mass is 16.4. The quantitative estimate of drug-likeness (QED) is 0.720. The van der Waals surface area contributed by atoms with Crippen molar-refractivity contribution in [2.24, 2.45) is 0 Å². The van der Waals surface area contributed by atoms with Gasteiger partial charge >= 0.3 is 5.97 Å². The highest BCUT2D eigenvalue weighted by molar-refractivity contribution is 5.73. The fourth-order valence-electron chi connectivity index (χ4n) is 2.28. The van der Waals surface area contributed by atoms with Crippen molar-refractivity contribution in [3.8, 4) is 0 Å². The highest BCUT2D eigenvalue weighted by Gasteiger charge is 2.22. The molecular weight excluding hydrogens is 204 g/mol. The molecule has 2 atom stereocenters. The lowest BCUT2D eigenvalue weighted by Gasteiger charge is -2.33. The molecule has 4 heteroatoms. The largest absolute Gasteiger partial charge is 0.480 e. The van der Waals surface area contributed by atoms with E-state index in [0.717, 1.165) is 19.5 Å². The van der Waals surface area contributed by atoms with E-state index in [4.69, 9.17) is 5.11 Å². The number of aliphatic carboxylic acids is 1. The first-order chi connectivity index (χ1) is 7.65. The van der Waals surface area contributed by atoms with E-state index >= 15 is 0 Å². The van der Waals surface area contributed by atoms with Gasteiger partial charge < -0.3 is 15.3 Å². The van der Waals surface area contributed by atoms with Gasteiger partial charge in [-0.05, 0) is 32.9 Å². The Morgan fingerprint density at radius 3 is 2.88 bits per heavy atom. The third kappa shape index (κ3) is 4.10. The Morgan fingerprint density at radius 2 is 2.31 bits per heavy atom. The Balaban J connectivity index is 2.32. The Bertz CT molecular complexity index is 221. The number of piperidine rings is 1. The molecule has 0 aromatic carbocycles. The molecule has 1 fully saturated rings. The maximum atomic E-state index is 11.0. The van der Waals surface area contributed by atoms with Crippen LogP contribution in [-0.4, -0.2) is 48.2 Å². The van der Waals surface area contributed by atoms with Gasteiger partial charge in [-0.25, -0.2) is 0 Å². The maximum absolute atomic E-state index is 11.0. The van der Waals surface area contributed by atoms with E-state index in [9.17, 15) is 4.79 Å². The van der Waals surface area contributed by atoms with Crippen LogP contribution in [-0.2, 0) is 4.79 Å². The van der Waals surface area contributed by atoms with E-state index in [1.807, 2.05) is 6.92 Å². The summed E-state index contributed by atoms with van der Waals surface area (Å²) in [6.45, 7) is 3.95. The Labute approximate surface area is 98.0 Å². The molecule has 16 heavy (non-hydrogen) atoms. The normalized spacial score (nSPS) is 24.2. The average molecular weight is 228 g/mol. The van der Waals surface area contributed by atoms with Gasteiger partial charge in [0.05, 0.1) is 0 Å². The molecule has 4 nitrogen and oxygen atoms in total. The lowest BCUT2D eigenvalue weighted by molar-refractivity contribution is -0.139. The Kier molecular flexibility index (Phi) is 5.77. The SMILES string of the molecule is CCCC(NCC1CCCCN1C)C(=O)O. The predicted octanol–water partition coefficient (Wildman–Crippen LogP) is 1.31. The second kappa shape index (κ2) is 6.86. The summed E-state index contributed by atoms with van der Waals surface area (Å²) in [6, 6.07) is 0.132. The van der Waals surface area contributed by atoms with Gasteiger partial charge in [-0.3, -0.25) is 4.79 Å². The summed E-state index contributed by atoms with van der Waals surface area (Å²) in [6.07, 6.45) is 5.34. The van der Waals surface area contributed by atoms with Gasteiger partial charge in [-0.2, -0.15) is 0 Å². The lowest BCUT2D eigenvalue weighted by Crippen LogP contribution is -2.47. The van der Waals surface area contributed by atoms with E-state index in [-0.39, 0.29) is 6.04 Å². The van der Waals surface area contributed by atoms with Crippen molar-refractivity contribution in [2.75, 3.05) is 20.1 Å². The van der Waals surface area contributed by atoms with Crippen molar-refractivity contribution in [3.05, 3.63) is 0 Å². The van der Waals surface area contributed by atoms with Crippen molar-refractivity contribution in [3.63, 3.8) is 0 Å². The van der Waals surface area contributed by atoms with Crippen LogP contribution in [0.15, 0.2) is 0 Å². The van der Waals surface area contributed by atoms with E-state index < -0.39 is 5.97 Å². The third-order valence-electron chi connectivity index (χ3n) is 3.40. The zero-order valence-electron chi connectivity index (χ0n) is 10.4. The fraction of sp³-hybridized carbons (Fsp3) is 0.917. The first-order valence-electron chi connectivity index (χ1n) is 6.31. The van der Waals surface area contributed by atoms with Crippen molar-refractivity contribution in [2.45, 2.75) is 51.1 Å². The molecule has 0 saturated carbocycles. The summed E-state index contributed by atoms with van der Waals surface area (Å²) in [5.41, 5.74) is 0. The topological polar surface area (TPSA) is 52.6 Å². The molecule has 1 aliphatic heterocycles. The molecule has 1 aliphatic rings. The number of likely N-dealkylation sites (N-methyl/N-ethyl adjacent to an activating group) is 1. The number of carboxylic acids is 1. The van der Waals surface area contributed by atoms with Crippen LogP contribution in [0.2, 0.25) is 0 Å². The number of carboxylic acid groups (broad SMARTS) is 1. The van der Waals surface area contributed by atoms with Gasteiger partial charge in [0.15, 0.2) is 0 Å². The third-order valence-corrected chi connectivity index (χ3v) is 3.40. The second-order valence-electron chi connectivity index (χ2n) is 4.72. The monoisotopic (exact) mass is 228 g/mol. The van der Waals surface area contributed by atoms with Gasteiger partial charge in [-0.15, -0.1) is 0 Å². The molecule has 1 rings (SSSR count). The molecular formula is C12H24N2O2. The number of hydrogen-bond donors (Lipinski definition) is 2. The van der Waals surface area contributed by atoms with Gasteiger partial charge in [0.2, 0.25) is 0 Å². The predicted molar refractivity (Wildman–Crippen MR) is 64.6 cm³/mol. The summed E-state index contributed by atoms with van der Waals surface area (Å²) in [5.74, 6) is -0.722. The number of likely N-dealkylation sites (tertiary alicyclic amines) is 1. The Hall–Kier alpha value is -0.610. The van der Waals surface area contributed by atoms with Crippen LogP contribution in [0.1, 0.15) is 39.0 Å². The molecule has 0 radical (unpaired) electrons. The number of rotatable bonds is 6. The zero-order valence-corrected chi connectivity index (χ0v) is 10.4. The van der Waals surface area contributed by atoms with Crippen LogP contribution < -0.4 is 5.32 Å². The smallest absolute Gasteiger partial charge is 0.320 e. The van der Waals surface area contributed by atoms with Crippen molar-refractivity contribution in [1.82, 2.24) is 10.2 Å². The minimum atomic E-state index is -0.722. The fourth-order valence-corrected chi connectivity index (χ4v) is 2.28. The summed E-state index contributed by atoms with van der Waals surface area (Å²) in [5, 5.41) is 12.2. The summed E-state index contributed by atoms with van der Waals surface area (Å²) < 4.78 is 0. The van der Waals surface area contributed by atoms with E-state index in [1.165, 1.54) is 19.3 Å². The molecule has 0 aromatic heterocycles. The number of hydrogen-bond acceptors (Lipinski definition) is 3. The van der Waals surface area contributed by atoms with Gasteiger partial charge in [-0.1, -0.05) is 19.8 Å². The summed E-state index contributed by atoms with van der Waals surface area (Å²) in [7, 11) is 2.13. The molecule has 0 aliphatic carbocycles. The van der Waals surface area contributed by atoms with Crippen LogP contribution >= 0.6 is 0 Å². The highest BCUT2D eigenvalue weighted by Crippen LogP contribution is 2.14. The summed E-state index contributed by atoms with van der Waals surface area (Å²) >= 11 is 0. The van der Waals surface area contributed by atoms with Crippen LogP contribution in [0.3, 0.4) is 0 Å². The van der Waals surface area contributed by atoms with Crippen LogP contribution in [0.5, 0.6) is 0 Å². The van der Waals surface area contributed by atoms with Gasteiger partial charge in [0.1, 0.15) is 6.04 Å². The Morgan fingerprint density at radius 1 is 1.56 bits per heavy atom. The molecule has 94 valence electrons. The molecule has 1 saturated heterocycles. The van der Waals surface area contributed by atoms with Crippen LogP contribution in [0.4, 0.5) is 0 Å². The molecule has 2 unspecified atom stereocenters. The maximum Gasteiger partial charge on any atom is 0.320 e. The number of nitrogens with one attached hydrogen (secondary N) is 1. The molecule has 0 bridgehead atoms. The minimum absolute atomic E-state index is 0.375. The zero-order chi connectivity index (χ0) is 12.0. The van der Waals surface area contributed by atoms with E-state index in [1.54, 1.807) is 0 Å². The molecule has 0 amide bonds. The first kappa shape index (κ1) is 13.5. The molecule has 2 N–H and O–H groups in total. The number of carbonyl (C=O) groups is 1. The lowest BCUT2D eigenvalue weighted by atomic mass is 10.0. The van der Waals surface area contributed by atoms with E-state index in [0.29, 0.717) is 12.5 Å². The second-order valence-corrected chi connectivity index (χ2v) is 4.72. The first-order valence-corrected chi connectivity index (χ1v) is 6.31. The van der Waals surface area contributed by atoms with E-state index in [2.05, 4.69) is 17.3 Å². The van der Waals surface area contributed by atoms with Gasteiger partial charge in [0, 0.05) is 12.6 Å². The molecule has 0 spiro atoms. The van der Waals surface area contributed by atoms with Crippen molar-refractivity contribution in [1.29, 1.82) is 0 Å². The molecule has 1 heterocycles. The summed E-state index contributed by atoms with van der Waals surface area (Å²) in [4.78, 5) is 13.3. The standard InChI is InChI=1S/C12H24N2O2/c1-3-6-11(12(15)16)13-9-10-7-4-5-8-14(10)2/h10-11,13H,3-9H2,1-2H3,(H,15,16). The average Bonchev–Trinajstić information content (AvgIpc) is 2.26. The van der Waals surface area contributed by atoms with Crippen molar-refractivity contribution >= 4 is 5.97 Å². The van der Waals surface area contributed by atoms with Gasteiger partial charge in [0.25, 0.3) is 0 Å². The van der Waals surface area contributed by atoms with Crippen molar-refractivity contribution < 1.29 is 9.90 Å². The minimum Gasteiger partial charge on any atom is -0.480 e. The molecule has 0 aromatic rings.